The first kappa shape index (κ1) is 31.0. The molecule has 13 heteroatoms. The van der Waals surface area contributed by atoms with Crippen LogP contribution >= 0.6 is 23.2 Å². The van der Waals surface area contributed by atoms with E-state index in [4.69, 9.17) is 37.1 Å². The normalized spacial score (nSPS) is 11.0. The predicted molar refractivity (Wildman–Crippen MR) is 168 cm³/mol. The fourth-order valence-corrected chi connectivity index (χ4v) is 4.90. The van der Waals surface area contributed by atoms with Crippen molar-refractivity contribution in [2.45, 2.75) is 20.5 Å². The molecule has 2 heterocycles. The maximum absolute atomic E-state index is 12.8. The summed E-state index contributed by atoms with van der Waals surface area (Å²) >= 11 is 12.0. The Balaban J connectivity index is 1.22. The minimum atomic E-state index is -0.947. The fraction of sp³-hybridized carbons (Fsp3) is 0.0938. The van der Waals surface area contributed by atoms with E-state index in [1.807, 2.05) is 38.1 Å². The van der Waals surface area contributed by atoms with Crippen LogP contribution in [0.1, 0.15) is 43.6 Å². The molecule has 5 rings (SSSR count). The highest BCUT2D eigenvalue weighted by molar-refractivity contribution is 6.36. The summed E-state index contributed by atoms with van der Waals surface area (Å²) in [6.07, 6.45) is 1.10. The van der Waals surface area contributed by atoms with Crippen LogP contribution in [0.25, 0.3) is 5.69 Å². The van der Waals surface area contributed by atoms with E-state index in [1.54, 1.807) is 6.07 Å². The maximum atomic E-state index is 12.8. The molecule has 0 aliphatic carbocycles. The van der Waals surface area contributed by atoms with Crippen LogP contribution in [-0.2, 0) is 6.61 Å². The van der Waals surface area contributed by atoms with Gasteiger partial charge in [-0.1, -0.05) is 29.3 Å². The zero-order chi connectivity index (χ0) is 32.1. The number of ether oxygens (including phenoxy) is 2. The molecule has 0 saturated heterocycles. The summed E-state index contributed by atoms with van der Waals surface area (Å²) in [4.78, 5) is 36.3. The van der Waals surface area contributed by atoms with E-state index in [0.29, 0.717) is 16.5 Å². The first-order valence-corrected chi connectivity index (χ1v) is 14.1. The van der Waals surface area contributed by atoms with E-state index in [2.05, 4.69) is 27.2 Å². The number of para-hydroxylation sites is 1. The second-order valence-corrected chi connectivity index (χ2v) is 10.5. The molecule has 0 spiro atoms. The van der Waals surface area contributed by atoms with E-state index < -0.39 is 22.5 Å². The van der Waals surface area contributed by atoms with Gasteiger partial charge >= 0.3 is 17.6 Å². The van der Waals surface area contributed by atoms with Crippen molar-refractivity contribution in [3.8, 4) is 17.2 Å². The van der Waals surface area contributed by atoms with Gasteiger partial charge in [-0.3, -0.25) is 14.9 Å². The van der Waals surface area contributed by atoms with Crippen molar-refractivity contribution in [2.24, 2.45) is 5.10 Å². The van der Waals surface area contributed by atoms with Crippen LogP contribution in [0.2, 0.25) is 10.0 Å². The molecule has 11 nitrogen and oxygen atoms in total. The second kappa shape index (κ2) is 13.5. The van der Waals surface area contributed by atoms with Crippen molar-refractivity contribution < 1.29 is 28.4 Å². The quantitative estimate of drug-likeness (QED) is 0.0546. The van der Waals surface area contributed by atoms with Gasteiger partial charge in [-0.2, -0.15) is 5.10 Å². The van der Waals surface area contributed by atoms with Gasteiger partial charge in [-0.05, 0) is 86.6 Å². The topological polar surface area (TPSA) is 138 Å². The summed E-state index contributed by atoms with van der Waals surface area (Å²) in [6.45, 7) is 4.16. The van der Waals surface area contributed by atoms with Crippen molar-refractivity contribution in [1.29, 1.82) is 0 Å². The Kier molecular flexibility index (Phi) is 9.31. The fourth-order valence-electron chi connectivity index (χ4n) is 4.42. The molecule has 0 bridgehead atoms. The average molecular weight is 647 g/mol. The summed E-state index contributed by atoms with van der Waals surface area (Å²) in [7, 11) is 0. The number of benzene rings is 3. The predicted octanol–water partition coefficient (Wildman–Crippen LogP) is 7.46. The Morgan fingerprint density at radius 2 is 1.73 bits per heavy atom. The monoisotopic (exact) mass is 646 g/mol. The SMILES string of the molecule is Cc1ccc(C)n1-c1ccc(OCc2ccc(C(=O)N/N=C/c3cccc([N+](=O)[O-])c3OC(=O)c3ccc(Cl)cc3Cl)o2)cc1. The van der Waals surface area contributed by atoms with Gasteiger partial charge in [0.2, 0.25) is 5.75 Å². The second-order valence-electron chi connectivity index (χ2n) is 9.67. The molecule has 0 aliphatic rings. The smallest absolute Gasteiger partial charge is 0.345 e. The van der Waals surface area contributed by atoms with Gasteiger partial charge in [0.05, 0.1) is 21.7 Å². The zero-order valence-electron chi connectivity index (χ0n) is 23.8. The molecule has 0 radical (unpaired) electrons. The van der Waals surface area contributed by atoms with Gasteiger partial charge in [0.25, 0.3) is 0 Å². The van der Waals surface area contributed by atoms with Crippen LogP contribution in [0.3, 0.4) is 0 Å². The Morgan fingerprint density at radius 3 is 2.42 bits per heavy atom. The van der Waals surface area contributed by atoms with Crippen LogP contribution in [0.5, 0.6) is 11.5 Å². The Labute approximate surface area is 266 Å². The van der Waals surface area contributed by atoms with Gasteiger partial charge in [-0.15, -0.1) is 0 Å². The molecule has 1 N–H and O–H groups in total. The van der Waals surface area contributed by atoms with Gasteiger partial charge in [-0.25, -0.2) is 10.2 Å². The van der Waals surface area contributed by atoms with Gasteiger partial charge in [0.1, 0.15) is 18.1 Å². The summed E-state index contributed by atoms with van der Waals surface area (Å²) in [5, 5.41) is 15.8. The standard InChI is InChI=1S/C32H24Cl2N4O7/c1-19-6-7-20(2)37(19)23-9-11-24(12-10-23)43-18-25-13-15-29(44-25)31(39)36-35-17-21-4-3-5-28(38(41)42)30(21)45-32(40)26-14-8-22(33)16-27(26)34/h3-17H,18H2,1-2H3,(H,36,39)/b35-17+. The number of nitro benzene ring substituents is 1. The molecule has 45 heavy (non-hydrogen) atoms. The van der Waals surface area contributed by atoms with Crippen LogP contribution in [0, 0.1) is 24.0 Å². The van der Waals surface area contributed by atoms with Gasteiger partial charge in [0, 0.05) is 33.7 Å². The molecule has 228 valence electrons. The molecule has 0 saturated carbocycles. The van der Waals surface area contributed by atoms with Gasteiger partial charge < -0.3 is 18.5 Å². The van der Waals surface area contributed by atoms with Crippen LogP contribution in [0.15, 0.2) is 94.4 Å². The number of carbonyl (C=O) groups is 2. The average Bonchev–Trinajstić information content (AvgIpc) is 3.62. The number of nitro groups is 1. The highest BCUT2D eigenvalue weighted by Crippen LogP contribution is 2.32. The number of amides is 1. The number of nitrogens with one attached hydrogen (secondary N) is 1. The molecular weight excluding hydrogens is 623 g/mol. The summed E-state index contributed by atoms with van der Waals surface area (Å²) in [6, 6.07) is 22.8. The number of esters is 1. The third-order valence-corrected chi connectivity index (χ3v) is 7.12. The third-order valence-electron chi connectivity index (χ3n) is 6.57. The lowest BCUT2D eigenvalue weighted by Crippen LogP contribution is -2.17. The molecule has 0 unspecified atom stereocenters. The molecule has 3 aromatic carbocycles. The molecule has 0 fully saturated rings. The molecule has 0 atom stereocenters. The number of aromatic nitrogens is 1. The van der Waals surface area contributed by atoms with Crippen molar-refractivity contribution in [1.82, 2.24) is 9.99 Å². The van der Waals surface area contributed by atoms with Crippen molar-refractivity contribution in [2.75, 3.05) is 0 Å². The molecule has 5 aromatic rings. The van der Waals surface area contributed by atoms with Crippen molar-refractivity contribution in [3.63, 3.8) is 0 Å². The zero-order valence-corrected chi connectivity index (χ0v) is 25.3. The van der Waals surface area contributed by atoms with E-state index >= 15 is 0 Å². The van der Waals surface area contributed by atoms with Gasteiger partial charge in [0.15, 0.2) is 5.76 Å². The Morgan fingerprint density at radius 1 is 1.00 bits per heavy atom. The number of halogens is 2. The number of hydrogen-bond donors (Lipinski definition) is 1. The largest absolute Gasteiger partial charge is 0.486 e. The molecule has 1 amide bonds. The Bertz CT molecular complexity index is 1910. The first-order valence-electron chi connectivity index (χ1n) is 13.4. The van der Waals surface area contributed by atoms with E-state index in [-0.39, 0.29) is 34.3 Å². The van der Waals surface area contributed by atoms with E-state index in [0.717, 1.165) is 29.4 Å². The van der Waals surface area contributed by atoms with E-state index in [9.17, 15) is 19.7 Å². The first-order chi connectivity index (χ1) is 21.6. The van der Waals surface area contributed by atoms with Crippen molar-refractivity contribution >= 4 is 47.0 Å². The highest BCUT2D eigenvalue weighted by Gasteiger charge is 2.23. The number of aryl methyl sites for hydroxylation is 2. The number of hydrogen-bond acceptors (Lipinski definition) is 8. The molecule has 0 aliphatic heterocycles. The number of carbonyl (C=O) groups excluding carboxylic acids is 2. The molecular formula is C32H24Cl2N4O7. The van der Waals surface area contributed by atoms with Crippen molar-refractivity contribution in [3.05, 3.63) is 139 Å². The number of rotatable bonds is 10. The minimum absolute atomic E-state index is 0.00710. The number of furan rings is 1. The number of nitrogens with zero attached hydrogens (tertiary/aromatic N) is 3. The summed E-state index contributed by atoms with van der Waals surface area (Å²) in [5.41, 5.74) is 5.05. The summed E-state index contributed by atoms with van der Waals surface area (Å²) < 4.78 is 18.9. The lowest BCUT2D eigenvalue weighted by molar-refractivity contribution is -0.385. The summed E-state index contributed by atoms with van der Waals surface area (Å²) in [5.74, 6) is -1.03. The third kappa shape index (κ3) is 7.23. The number of hydrazone groups is 1. The Hall–Kier alpha value is -5.39. The van der Waals surface area contributed by atoms with E-state index in [1.165, 1.54) is 36.4 Å². The minimum Gasteiger partial charge on any atom is -0.486 e. The van der Waals surface area contributed by atoms with Crippen LogP contribution in [0.4, 0.5) is 5.69 Å². The lowest BCUT2D eigenvalue weighted by Gasteiger charge is -2.10. The van der Waals surface area contributed by atoms with Crippen LogP contribution < -0.4 is 14.9 Å². The maximum Gasteiger partial charge on any atom is 0.345 e. The lowest BCUT2D eigenvalue weighted by atomic mass is 10.2. The van der Waals surface area contributed by atoms with Crippen LogP contribution in [-0.4, -0.2) is 27.6 Å². The molecule has 2 aromatic heterocycles. The highest BCUT2D eigenvalue weighted by atomic mass is 35.5.